The number of nitrogens with zero attached hydrogens (tertiary/aromatic N) is 2. The van der Waals surface area contributed by atoms with Crippen LogP contribution in [-0.2, 0) is 19.4 Å². The molecule has 2 aliphatic rings. The quantitative estimate of drug-likeness (QED) is 0.409. The average molecular weight is 436 g/mol. The van der Waals surface area contributed by atoms with E-state index in [2.05, 4.69) is 16.8 Å². The summed E-state index contributed by atoms with van der Waals surface area (Å²) in [5.74, 6) is 6.06. The Hall–Kier alpha value is -2.64. The van der Waals surface area contributed by atoms with Crippen LogP contribution < -0.4 is 10.4 Å². The number of hydroxylamine groups is 1. The third kappa shape index (κ3) is 4.57. The van der Waals surface area contributed by atoms with Gasteiger partial charge in [-0.1, -0.05) is 24.7 Å². The summed E-state index contributed by atoms with van der Waals surface area (Å²) in [5.41, 5.74) is 2.13. The number of amides is 2. The van der Waals surface area contributed by atoms with E-state index in [1.165, 1.54) is 30.1 Å². The Kier molecular flexibility index (Phi) is 6.33. The molecule has 1 aromatic rings. The minimum atomic E-state index is -3.89. The highest BCUT2D eigenvalue weighted by Gasteiger charge is 2.48. The maximum atomic E-state index is 12.3. The van der Waals surface area contributed by atoms with E-state index in [1.54, 1.807) is 18.3 Å². The molecule has 0 unspecified atom stereocenters. The summed E-state index contributed by atoms with van der Waals surface area (Å²) in [7, 11) is -3.89. The molecule has 30 heavy (non-hydrogen) atoms. The van der Waals surface area contributed by atoms with Crippen molar-refractivity contribution in [3.05, 3.63) is 23.9 Å². The van der Waals surface area contributed by atoms with Gasteiger partial charge in [-0.3, -0.25) is 14.9 Å². The molecule has 0 spiro atoms. The summed E-state index contributed by atoms with van der Waals surface area (Å²) in [6.45, 7) is 1.21. The molecule has 2 atom stereocenters. The van der Waals surface area contributed by atoms with E-state index in [9.17, 15) is 18.0 Å². The number of hydrogen-bond acceptors (Lipinski definition) is 7. The first-order valence-electron chi connectivity index (χ1n) is 9.74. The number of rotatable bonds is 5. The Bertz CT molecular complexity index is 976. The van der Waals surface area contributed by atoms with E-state index in [-0.39, 0.29) is 13.0 Å². The zero-order valence-corrected chi connectivity index (χ0v) is 17.7. The molecule has 1 saturated carbocycles. The van der Waals surface area contributed by atoms with Gasteiger partial charge < -0.3 is 4.74 Å². The smallest absolute Gasteiger partial charge is 0.415 e. The Morgan fingerprint density at radius 1 is 1.40 bits per heavy atom. The standard InChI is InChI=1S/C20H25N3O6S/c1-20(18(24)22-26,30(2,27)28)11-16-13-23(19(25)29-16)17-10-9-15(12-21-17)8-7-14-5-3-4-6-14/h9-10,12,14,16,26H,3-6,11,13H2,1-2H3,(H,22,24)/t16-,20+/m0/s1. The number of ether oxygens (including phenoxy) is 1. The van der Waals surface area contributed by atoms with Gasteiger partial charge in [-0.15, -0.1) is 0 Å². The van der Waals surface area contributed by atoms with Crippen molar-refractivity contribution in [2.75, 3.05) is 17.7 Å². The fourth-order valence-corrected chi connectivity index (χ4v) is 4.53. The molecule has 1 saturated heterocycles. The number of anilines is 1. The lowest BCUT2D eigenvalue weighted by Crippen LogP contribution is -2.51. The first-order chi connectivity index (χ1) is 14.1. The second-order valence-corrected chi connectivity index (χ2v) is 10.4. The van der Waals surface area contributed by atoms with Crippen LogP contribution in [0.3, 0.4) is 0 Å². The van der Waals surface area contributed by atoms with Crippen molar-refractivity contribution in [3.8, 4) is 11.8 Å². The van der Waals surface area contributed by atoms with Gasteiger partial charge in [-0.2, -0.15) is 0 Å². The van der Waals surface area contributed by atoms with E-state index in [4.69, 9.17) is 9.94 Å². The summed E-state index contributed by atoms with van der Waals surface area (Å²) < 4.78 is 27.5. The lowest BCUT2D eigenvalue weighted by atomic mass is 10.0. The zero-order chi connectivity index (χ0) is 21.9. The molecule has 10 heteroatoms. The Morgan fingerprint density at radius 3 is 2.67 bits per heavy atom. The monoisotopic (exact) mass is 435 g/mol. The minimum Gasteiger partial charge on any atom is -0.444 e. The van der Waals surface area contributed by atoms with Crippen LogP contribution in [0.2, 0.25) is 0 Å². The van der Waals surface area contributed by atoms with Crippen LogP contribution in [0.5, 0.6) is 0 Å². The second kappa shape index (κ2) is 8.62. The predicted molar refractivity (Wildman–Crippen MR) is 108 cm³/mol. The predicted octanol–water partition coefficient (Wildman–Crippen LogP) is 1.65. The first kappa shape index (κ1) is 22.1. The van der Waals surface area contributed by atoms with Gasteiger partial charge >= 0.3 is 6.09 Å². The van der Waals surface area contributed by atoms with Crippen LogP contribution in [-0.4, -0.2) is 54.3 Å². The van der Waals surface area contributed by atoms with Crippen molar-refractivity contribution in [2.24, 2.45) is 5.92 Å². The van der Waals surface area contributed by atoms with Gasteiger partial charge in [-0.25, -0.2) is 23.7 Å². The summed E-state index contributed by atoms with van der Waals surface area (Å²) in [5, 5.41) is 8.93. The third-order valence-corrected chi connectivity index (χ3v) is 7.68. The van der Waals surface area contributed by atoms with Gasteiger partial charge in [0.1, 0.15) is 11.9 Å². The maximum absolute atomic E-state index is 12.3. The van der Waals surface area contributed by atoms with Crippen LogP contribution >= 0.6 is 0 Å². The second-order valence-electron chi connectivity index (χ2n) is 7.92. The number of hydrogen-bond donors (Lipinski definition) is 2. The SMILES string of the molecule is C[C@@](C[C@H]1CN(c2ccc(C#CC3CCCC3)cn2)C(=O)O1)(C(=O)NO)S(C)(=O)=O. The van der Waals surface area contributed by atoms with Crippen molar-refractivity contribution in [1.82, 2.24) is 10.5 Å². The van der Waals surface area contributed by atoms with Crippen LogP contribution in [0.15, 0.2) is 18.3 Å². The lowest BCUT2D eigenvalue weighted by molar-refractivity contribution is -0.132. The Labute approximate surface area is 175 Å². The molecule has 1 aromatic heterocycles. The van der Waals surface area contributed by atoms with Crippen molar-refractivity contribution in [1.29, 1.82) is 0 Å². The molecular weight excluding hydrogens is 410 g/mol. The van der Waals surface area contributed by atoms with Crippen molar-refractivity contribution in [2.45, 2.75) is 49.9 Å². The normalized spacial score (nSPS) is 21.5. The number of nitrogens with one attached hydrogen (secondary N) is 1. The van der Waals surface area contributed by atoms with Crippen molar-refractivity contribution >= 4 is 27.7 Å². The van der Waals surface area contributed by atoms with Gasteiger partial charge in [0, 0.05) is 30.4 Å². The van der Waals surface area contributed by atoms with Gasteiger partial charge in [0.2, 0.25) is 0 Å². The number of carbonyl (C=O) groups excluding carboxylic acids is 2. The zero-order valence-electron chi connectivity index (χ0n) is 16.9. The molecule has 9 nitrogen and oxygen atoms in total. The van der Waals surface area contributed by atoms with E-state index >= 15 is 0 Å². The van der Waals surface area contributed by atoms with Crippen LogP contribution in [0, 0.1) is 17.8 Å². The number of carbonyl (C=O) groups is 2. The van der Waals surface area contributed by atoms with Crippen molar-refractivity contribution in [3.63, 3.8) is 0 Å². The average Bonchev–Trinajstić information content (AvgIpc) is 3.34. The first-order valence-corrected chi connectivity index (χ1v) is 11.6. The van der Waals surface area contributed by atoms with Crippen LogP contribution in [0.25, 0.3) is 0 Å². The molecule has 2 fully saturated rings. The molecule has 162 valence electrons. The van der Waals surface area contributed by atoms with E-state index < -0.39 is 32.7 Å². The number of cyclic esters (lactones) is 1. The Morgan fingerprint density at radius 2 is 2.10 bits per heavy atom. The van der Waals surface area contributed by atoms with E-state index in [0.717, 1.165) is 24.7 Å². The van der Waals surface area contributed by atoms with Crippen LogP contribution in [0.4, 0.5) is 10.6 Å². The molecule has 1 aliphatic heterocycles. The topological polar surface area (TPSA) is 126 Å². The molecule has 0 aromatic carbocycles. The van der Waals surface area contributed by atoms with Crippen molar-refractivity contribution < 1.29 is 28.0 Å². The molecule has 0 radical (unpaired) electrons. The largest absolute Gasteiger partial charge is 0.444 e. The van der Waals surface area contributed by atoms with Crippen LogP contribution in [0.1, 0.15) is 44.6 Å². The van der Waals surface area contributed by atoms with Gasteiger partial charge in [-0.05, 0) is 31.9 Å². The molecule has 0 bridgehead atoms. The molecule has 2 N–H and O–H groups in total. The highest BCUT2D eigenvalue weighted by Crippen LogP contribution is 2.29. The number of sulfone groups is 1. The molecule has 1 aliphatic carbocycles. The van der Waals surface area contributed by atoms with Gasteiger partial charge in [0.05, 0.1) is 6.54 Å². The highest BCUT2D eigenvalue weighted by molar-refractivity contribution is 7.92. The van der Waals surface area contributed by atoms with E-state index in [1.807, 2.05) is 0 Å². The van der Waals surface area contributed by atoms with Gasteiger partial charge in [0.25, 0.3) is 5.91 Å². The highest BCUT2D eigenvalue weighted by atomic mass is 32.2. The summed E-state index contributed by atoms with van der Waals surface area (Å²) >= 11 is 0. The number of aromatic nitrogens is 1. The molecular formula is C20H25N3O6S. The van der Waals surface area contributed by atoms with E-state index in [0.29, 0.717) is 11.7 Å². The minimum absolute atomic E-state index is 0.0305. The summed E-state index contributed by atoms with van der Waals surface area (Å²) in [6.07, 6.45) is 5.31. The molecule has 2 amide bonds. The number of pyridine rings is 1. The lowest BCUT2D eigenvalue weighted by Gasteiger charge is -2.26. The molecule has 2 heterocycles. The fraction of sp³-hybridized carbons (Fsp3) is 0.550. The summed E-state index contributed by atoms with van der Waals surface area (Å²) in [6, 6.07) is 3.42. The van der Waals surface area contributed by atoms with Gasteiger partial charge in [0.15, 0.2) is 14.6 Å². The molecule has 3 rings (SSSR count). The Balaban J connectivity index is 1.70. The fourth-order valence-electron chi connectivity index (χ4n) is 3.66. The third-order valence-electron chi connectivity index (χ3n) is 5.69. The summed E-state index contributed by atoms with van der Waals surface area (Å²) in [4.78, 5) is 29.8. The maximum Gasteiger partial charge on any atom is 0.415 e.